The van der Waals surface area contributed by atoms with Crippen molar-refractivity contribution in [3.63, 3.8) is 0 Å². The van der Waals surface area contributed by atoms with Gasteiger partial charge in [0.05, 0.1) is 29.2 Å². The Hall–Kier alpha value is -2.58. The number of rotatable bonds is 10. The fraction of sp³-hybridized carbons (Fsp3) is 0.552. The van der Waals surface area contributed by atoms with Crippen molar-refractivity contribution < 1.29 is 19.5 Å². The zero-order valence-electron chi connectivity index (χ0n) is 22.3. The molecule has 1 aromatic carbocycles. The molecule has 7 nitrogen and oxygen atoms in total. The number of amides is 3. The number of aliphatic hydroxyl groups excluding tert-OH is 1. The lowest BCUT2D eigenvalue weighted by Crippen LogP contribution is -2.57. The molecule has 0 radical (unpaired) electrons. The van der Waals surface area contributed by atoms with Crippen molar-refractivity contribution in [1.29, 1.82) is 0 Å². The second-order valence-corrected chi connectivity index (χ2v) is 12.9. The van der Waals surface area contributed by atoms with Crippen LogP contribution in [-0.4, -0.2) is 85.8 Å². The molecule has 1 N–H and O–H groups in total. The van der Waals surface area contributed by atoms with Gasteiger partial charge in [-0.1, -0.05) is 42.5 Å². The molecule has 1 spiro atoms. The molecule has 3 saturated heterocycles. The maximum Gasteiger partial charge on any atom is 0.247 e. The van der Waals surface area contributed by atoms with Crippen molar-refractivity contribution >= 4 is 29.5 Å². The molecule has 4 rings (SSSR count). The number of thioether (sulfide) groups is 1. The van der Waals surface area contributed by atoms with Gasteiger partial charge >= 0.3 is 0 Å². The first-order valence-corrected chi connectivity index (χ1v) is 13.8. The molecule has 2 unspecified atom stereocenters. The molecule has 37 heavy (non-hydrogen) atoms. The molecule has 3 amide bonds. The number of hydrogen-bond donors (Lipinski definition) is 1. The van der Waals surface area contributed by atoms with Gasteiger partial charge in [0.15, 0.2) is 0 Å². The van der Waals surface area contributed by atoms with E-state index in [2.05, 4.69) is 20.1 Å². The number of hydrogen-bond acceptors (Lipinski definition) is 5. The molecule has 0 saturated carbocycles. The van der Waals surface area contributed by atoms with Gasteiger partial charge in [-0.25, -0.2) is 0 Å². The molecule has 3 fully saturated rings. The van der Waals surface area contributed by atoms with Crippen molar-refractivity contribution in [2.24, 2.45) is 11.8 Å². The van der Waals surface area contributed by atoms with Crippen LogP contribution in [0.5, 0.6) is 0 Å². The smallest absolute Gasteiger partial charge is 0.247 e. The minimum Gasteiger partial charge on any atom is -0.394 e. The number of likely N-dealkylation sites (tertiary alicyclic amines) is 1. The van der Waals surface area contributed by atoms with Crippen LogP contribution in [0.25, 0.3) is 0 Å². The molecule has 2 bridgehead atoms. The lowest BCUT2D eigenvalue weighted by atomic mass is 9.66. The molecule has 0 aromatic heterocycles. The average molecular weight is 526 g/mol. The highest BCUT2D eigenvalue weighted by Gasteiger charge is 2.78. The van der Waals surface area contributed by atoms with Gasteiger partial charge in [0, 0.05) is 30.9 Å². The Labute approximate surface area is 224 Å². The Morgan fingerprint density at radius 3 is 2.38 bits per heavy atom. The van der Waals surface area contributed by atoms with Crippen LogP contribution in [0.3, 0.4) is 0 Å². The van der Waals surface area contributed by atoms with Gasteiger partial charge in [0.25, 0.3) is 0 Å². The van der Waals surface area contributed by atoms with Crippen LogP contribution in [0.15, 0.2) is 55.6 Å². The van der Waals surface area contributed by atoms with Gasteiger partial charge < -0.3 is 19.8 Å². The van der Waals surface area contributed by atoms with Gasteiger partial charge in [-0.2, -0.15) is 0 Å². The third-order valence-corrected chi connectivity index (χ3v) is 10.4. The van der Waals surface area contributed by atoms with E-state index in [9.17, 15) is 19.5 Å². The SMILES string of the molecule is C=CCN(C)C(=O)[C@@H]1[C@H]2C(=O)N([C@H](CO)c3ccccc3)C(C(=O)N(CC=C)C(C)C)C23CC[C@@]1(C)S3. The van der Waals surface area contributed by atoms with Crippen molar-refractivity contribution in [2.75, 3.05) is 26.7 Å². The first-order chi connectivity index (χ1) is 17.6. The van der Waals surface area contributed by atoms with E-state index in [1.165, 1.54) is 0 Å². The third-order valence-electron chi connectivity index (χ3n) is 8.42. The van der Waals surface area contributed by atoms with Gasteiger partial charge in [-0.15, -0.1) is 24.9 Å². The summed E-state index contributed by atoms with van der Waals surface area (Å²) in [5, 5.41) is 10.6. The minimum atomic E-state index is -0.793. The second-order valence-electron chi connectivity index (χ2n) is 11.0. The quantitative estimate of drug-likeness (QED) is 0.475. The lowest BCUT2D eigenvalue weighted by Gasteiger charge is -2.40. The molecule has 200 valence electrons. The Morgan fingerprint density at radius 1 is 1.16 bits per heavy atom. The zero-order valence-corrected chi connectivity index (χ0v) is 23.1. The van der Waals surface area contributed by atoms with Crippen LogP contribution in [0.2, 0.25) is 0 Å². The molecule has 1 aromatic rings. The van der Waals surface area contributed by atoms with Gasteiger partial charge in [-0.05, 0) is 39.2 Å². The first-order valence-electron chi connectivity index (χ1n) is 13.0. The molecule has 8 heteroatoms. The lowest BCUT2D eigenvalue weighted by molar-refractivity contribution is -0.148. The van der Waals surface area contributed by atoms with Crippen LogP contribution in [0.4, 0.5) is 0 Å². The zero-order chi connectivity index (χ0) is 27.1. The number of carbonyl (C=O) groups excluding carboxylic acids is 3. The molecular formula is C29H39N3O4S. The molecule has 3 heterocycles. The van der Waals surface area contributed by atoms with Crippen LogP contribution < -0.4 is 0 Å². The van der Waals surface area contributed by atoms with Crippen molar-refractivity contribution in [2.45, 2.75) is 61.2 Å². The summed E-state index contributed by atoms with van der Waals surface area (Å²) in [6, 6.07) is 7.78. The normalized spacial score (nSPS) is 30.8. The highest BCUT2D eigenvalue weighted by atomic mass is 32.2. The van der Waals surface area contributed by atoms with Crippen LogP contribution in [0, 0.1) is 11.8 Å². The van der Waals surface area contributed by atoms with Crippen molar-refractivity contribution in [1.82, 2.24) is 14.7 Å². The monoisotopic (exact) mass is 525 g/mol. The summed E-state index contributed by atoms with van der Waals surface area (Å²) in [5.74, 6) is -1.64. The van der Waals surface area contributed by atoms with Crippen molar-refractivity contribution in [3.8, 4) is 0 Å². The summed E-state index contributed by atoms with van der Waals surface area (Å²) in [5.41, 5.74) is 0.768. The fourth-order valence-corrected chi connectivity index (χ4v) is 9.09. The number of nitrogens with zero attached hydrogens (tertiary/aromatic N) is 3. The van der Waals surface area contributed by atoms with E-state index in [0.717, 1.165) is 12.0 Å². The Bertz CT molecular complexity index is 1080. The van der Waals surface area contributed by atoms with Crippen molar-refractivity contribution in [3.05, 3.63) is 61.2 Å². The number of fused-ring (bicyclic) bond motifs is 1. The van der Waals surface area contributed by atoms with E-state index in [4.69, 9.17) is 0 Å². The van der Waals surface area contributed by atoms with Crippen LogP contribution >= 0.6 is 11.8 Å². The Morgan fingerprint density at radius 2 is 1.81 bits per heavy atom. The summed E-state index contributed by atoms with van der Waals surface area (Å²) in [7, 11) is 1.74. The summed E-state index contributed by atoms with van der Waals surface area (Å²) in [4.78, 5) is 47.7. The van der Waals surface area contributed by atoms with Gasteiger partial charge in [-0.3, -0.25) is 14.4 Å². The van der Waals surface area contributed by atoms with E-state index < -0.39 is 33.4 Å². The van der Waals surface area contributed by atoms with E-state index in [1.807, 2.05) is 44.2 Å². The van der Waals surface area contributed by atoms with Crippen LogP contribution in [0.1, 0.15) is 45.2 Å². The topological polar surface area (TPSA) is 81.2 Å². The minimum absolute atomic E-state index is 0.0880. The Balaban J connectivity index is 1.88. The van der Waals surface area contributed by atoms with Gasteiger partial charge in [0.2, 0.25) is 17.7 Å². The summed E-state index contributed by atoms with van der Waals surface area (Å²) >= 11 is 1.65. The van der Waals surface area contributed by atoms with Gasteiger partial charge in [0.1, 0.15) is 6.04 Å². The van der Waals surface area contributed by atoms with E-state index in [1.54, 1.807) is 45.7 Å². The maximum atomic E-state index is 14.5. The summed E-state index contributed by atoms with van der Waals surface area (Å²) in [6.45, 7) is 14.0. The van der Waals surface area contributed by atoms with E-state index in [0.29, 0.717) is 19.5 Å². The highest BCUT2D eigenvalue weighted by molar-refractivity contribution is 8.02. The second kappa shape index (κ2) is 10.3. The molecular weight excluding hydrogens is 486 g/mol. The third kappa shape index (κ3) is 4.22. The van der Waals surface area contributed by atoms with E-state index >= 15 is 0 Å². The summed E-state index contributed by atoms with van der Waals surface area (Å²) in [6.07, 6.45) is 4.79. The standard InChI is InChI=1S/C29H39N3O4S/c1-7-16-30(6)25(34)22-23-26(35)32(21(18-33)20-12-10-9-11-13-20)24(27(36)31(17-8-2)19(3)4)29(23)15-14-28(22,5)37-29/h7-13,19,21-24,33H,1-2,14-18H2,3-6H3/t21-,22+,23+,24?,28-,29?/m1/s1. The Kier molecular flexibility index (Phi) is 7.64. The first kappa shape index (κ1) is 27.5. The highest BCUT2D eigenvalue weighted by Crippen LogP contribution is 2.72. The maximum absolute atomic E-state index is 14.5. The largest absolute Gasteiger partial charge is 0.394 e. The molecule has 0 aliphatic carbocycles. The summed E-state index contributed by atoms with van der Waals surface area (Å²) < 4.78 is -1.19. The van der Waals surface area contributed by atoms with Crippen LogP contribution in [-0.2, 0) is 14.4 Å². The average Bonchev–Trinajstić information content (AvgIpc) is 3.44. The molecule has 6 atom stereocenters. The number of likely N-dealkylation sites (N-methyl/N-ethyl adjacent to an activating group) is 1. The molecule has 3 aliphatic heterocycles. The van der Waals surface area contributed by atoms with E-state index in [-0.39, 0.29) is 30.4 Å². The predicted molar refractivity (Wildman–Crippen MR) is 147 cm³/mol. The number of carbonyl (C=O) groups is 3. The number of aliphatic hydroxyl groups is 1. The molecule has 3 aliphatic rings. The number of benzene rings is 1. The predicted octanol–water partition coefficient (Wildman–Crippen LogP) is 3.27. The fourth-order valence-electron chi connectivity index (χ4n) is 6.76.